The van der Waals surface area contributed by atoms with Crippen LogP contribution in [0.4, 0.5) is 15.9 Å². The molecule has 1 amide bonds. The third-order valence-electron chi connectivity index (χ3n) is 4.71. The van der Waals surface area contributed by atoms with Crippen molar-refractivity contribution < 1.29 is 13.9 Å². The van der Waals surface area contributed by atoms with Gasteiger partial charge in [0.1, 0.15) is 18.2 Å². The zero-order chi connectivity index (χ0) is 16.8. The van der Waals surface area contributed by atoms with Crippen LogP contribution in [0.3, 0.4) is 0 Å². The molecule has 2 aromatic rings. The predicted octanol–water partition coefficient (Wildman–Crippen LogP) is 1.99. The Morgan fingerprint density at radius 1 is 1.33 bits per heavy atom. The second-order valence-corrected chi connectivity index (χ2v) is 6.18. The minimum Gasteiger partial charge on any atom is -0.490 e. The van der Waals surface area contributed by atoms with Gasteiger partial charge in [-0.25, -0.2) is 4.39 Å². The molecule has 0 saturated carbocycles. The number of ether oxygens (including phenoxy) is 1. The van der Waals surface area contributed by atoms with Crippen molar-refractivity contribution in [2.75, 3.05) is 24.6 Å². The largest absolute Gasteiger partial charge is 0.490 e. The third-order valence-corrected chi connectivity index (χ3v) is 4.71. The molecule has 4 rings (SSSR count). The molecule has 0 N–H and O–H groups in total. The van der Waals surface area contributed by atoms with E-state index in [4.69, 9.17) is 4.74 Å². The van der Waals surface area contributed by atoms with Crippen LogP contribution in [-0.2, 0) is 24.8 Å². The number of nitrogens with zero attached hydrogens (tertiary/aromatic N) is 4. The van der Waals surface area contributed by atoms with Crippen LogP contribution in [0.25, 0.3) is 0 Å². The molecule has 0 unspecified atom stereocenters. The number of benzene rings is 1. The lowest BCUT2D eigenvalue weighted by atomic mass is 10.1. The summed E-state index contributed by atoms with van der Waals surface area (Å²) in [5.74, 6) is 1.19. The average molecular weight is 330 g/mol. The number of carbonyl (C=O) groups is 1. The maximum Gasteiger partial charge on any atom is 0.219 e. The van der Waals surface area contributed by atoms with Crippen molar-refractivity contribution in [3.63, 3.8) is 0 Å². The van der Waals surface area contributed by atoms with Gasteiger partial charge in [0, 0.05) is 44.3 Å². The summed E-state index contributed by atoms with van der Waals surface area (Å²) in [5.41, 5.74) is 2.85. The monoisotopic (exact) mass is 330 g/mol. The molecule has 0 fully saturated rings. The van der Waals surface area contributed by atoms with Gasteiger partial charge in [-0.15, -0.1) is 0 Å². The summed E-state index contributed by atoms with van der Waals surface area (Å²) in [6, 6.07) is 4.52. The van der Waals surface area contributed by atoms with Gasteiger partial charge in [-0.1, -0.05) is 0 Å². The van der Waals surface area contributed by atoms with Crippen LogP contribution in [0.15, 0.2) is 18.2 Å². The maximum atomic E-state index is 13.7. The zero-order valence-corrected chi connectivity index (χ0v) is 13.8. The molecule has 24 heavy (non-hydrogen) atoms. The summed E-state index contributed by atoms with van der Waals surface area (Å²) >= 11 is 0. The molecule has 2 aliphatic heterocycles. The van der Waals surface area contributed by atoms with E-state index in [0.29, 0.717) is 37.7 Å². The second-order valence-electron chi connectivity index (χ2n) is 6.18. The zero-order valence-electron chi connectivity index (χ0n) is 13.8. The first-order valence-corrected chi connectivity index (χ1v) is 8.04. The van der Waals surface area contributed by atoms with Gasteiger partial charge in [-0.2, -0.15) is 5.10 Å². The number of aryl methyl sites for hydroxylation is 1. The molecule has 3 heterocycles. The molecule has 0 radical (unpaired) electrons. The number of amides is 1. The van der Waals surface area contributed by atoms with Crippen LogP contribution in [-0.4, -0.2) is 40.3 Å². The number of rotatable bonds is 1. The Kier molecular flexibility index (Phi) is 3.44. The Balaban J connectivity index is 1.80. The third kappa shape index (κ3) is 2.31. The van der Waals surface area contributed by atoms with Gasteiger partial charge in [-0.05, 0) is 12.1 Å². The van der Waals surface area contributed by atoms with Gasteiger partial charge < -0.3 is 14.5 Å². The van der Waals surface area contributed by atoms with Crippen LogP contribution >= 0.6 is 0 Å². The smallest absolute Gasteiger partial charge is 0.219 e. The highest BCUT2D eigenvalue weighted by Gasteiger charge is 2.30. The van der Waals surface area contributed by atoms with E-state index >= 15 is 0 Å². The average Bonchev–Trinajstić information content (AvgIpc) is 2.90. The second kappa shape index (κ2) is 5.51. The Morgan fingerprint density at radius 2 is 2.17 bits per heavy atom. The van der Waals surface area contributed by atoms with Gasteiger partial charge in [-0.3, -0.25) is 9.48 Å². The topological polar surface area (TPSA) is 50.6 Å². The van der Waals surface area contributed by atoms with E-state index in [0.717, 1.165) is 23.5 Å². The Hall–Kier alpha value is -2.57. The maximum absolute atomic E-state index is 13.7. The Bertz CT molecular complexity index is 817. The number of hydrogen-bond acceptors (Lipinski definition) is 4. The first kappa shape index (κ1) is 15.0. The highest BCUT2D eigenvalue weighted by molar-refractivity contribution is 5.75. The van der Waals surface area contributed by atoms with E-state index in [1.54, 1.807) is 13.0 Å². The van der Waals surface area contributed by atoms with E-state index < -0.39 is 0 Å². The standard InChI is InChI=1S/C17H19FN4O2/c1-11(23)21-6-5-14-13(10-21)17(19-20(14)2)22-7-8-24-16-4-3-12(18)9-15(16)22/h3-4,9H,5-8,10H2,1-2H3. The van der Waals surface area contributed by atoms with E-state index in [-0.39, 0.29) is 11.7 Å². The van der Waals surface area contributed by atoms with Crippen molar-refractivity contribution in [1.82, 2.24) is 14.7 Å². The van der Waals surface area contributed by atoms with Crippen molar-refractivity contribution >= 4 is 17.4 Å². The SMILES string of the molecule is CC(=O)N1CCc2c(c(N3CCOc4ccc(F)cc43)nn2C)C1. The van der Waals surface area contributed by atoms with Crippen molar-refractivity contribution in [3.8, 4) is 5.75 Å². The summed E-state index contributed by atoms with van der Waals surface area (Å²) in [7, 11) is 1.92. The molecule has 6 nitrogen and oxygen atoms in total. The molecule has 0 atom stereocenters. The molecule has 1 aromatic carbocycles. The molecule has 0 saturated heterocycles. The summed E-state index contributed by atoms with van der Waals surface area (Å²) in [6.07, 6.45) is 0.777. The fourth-order valence-corrected chi connectivity index (χ4v) is 3.47. The number of carbonyl (C=O) groups excluding carboxylic acids is 1. The fraction of sp³-hybridized carbons (Fsp3) is 0.412. The van der Waals surface area contributed by atoms with Crippen LogP contribution in [0, 0.1) is 5.82 Å². The first-order valence-electron chi connectivity index (χ1n) is 8.04. The summed E-state index contributed by atoms with van der Waals surface area (Å²) in [6.45, 7) is 3.94. The molecule has 1 aromatic heterocycles. The van der Waals surface area contributed by atoms with Gasteiger partial charge in [0.05, 0.1) is 18.8 Å². The van der Waals surface area contributed by atoms with Crippen molar-refractivity contribution in [1.29, 1.82) is 0 Å². The first-order chi connectivity index (χ1) is 11.5. The number of anilines is 2. The minimum absolute atomic E-state index is 0.0591. The lowest BCUT2D eigenvalue weighted by Gasteiger charge is -2.32. The van der Waals surface area contributed by atoms with E-state index in [1.807, 2.05) is 21.5 Å². The molecule has 126 valence electrons. The summed E-state index contributed by atoms with van der Waals surface area (Å²) < 4.78 is 21.2. The highest BCUT2D eigenvalue weighted by atomic mass is 19.1. The Morgan fingerprint density at radius 3 is 2.96 bits per heavy atom. The van der Waals surface area contributed by atoms with Gasteiger partial charge >= 0.3 is 0 Å². The van der Waals surface area contributed by atoms with Gasteiger partial charge in [0.15, 0.2) is 5.82 Å². The van der Waals surface area contributed by atoms with Gasteiger partial charge in [0.25, 0.3) is 0 Å². The molecular formula is C17H19FN4O2. The van der Waals surface area contributed by atoms with Crippen molar-refractivity contribution in [2.24, 2.45) is 7.05 Å². The molecule has 0 spiro atoms. The van der Waals surface area contributed by atoms with Crippen molar-refractivity contribution in [3.05, 3.63) is 35.3 Å². The number of aromatic nitrogens is 2. The normalized spacial score (nSPS) is 16.5. The van der Waals surface area contributed by atoms with E-state index in [2.05, 4.69) is 5.10 Å². The lowest BCUT2D eigenvalue weighted by Crippen LogP contribution is -2.36. The quantitative estimate of drug-likeness (QED) is 0.802. The van der Waals surface area contributed by atoms with Crippen LogP contribution in [0.1, 0.15) is 18.2 Å². The van der Waals surface area contributed by atoms with E-state index in [9.17, 15) is 9.18 Å². The predicted molar refractivity (Wildman–Crippen MR) is 86.9 cm³/mol. The lowest BCUT2D eigenvalue weighted by molar-refractivity contribution is -0.129. The minimum atomic E-state index is -0.306. The molecule has 7 heteroatoms. The Labute approximate surface area is 139 Å². The highest BCUT2D eigenvalue weighted by Crippen LogP contribution is 2.39. The summed E-state index contributed by atoms with van der Waals surface area (Å²) in [4.78, 5) is 15.6. The molecular weight excluding hydrogens is 311 g/mol. The number of hydrogen-bond donors (Lipinski definition) is 0. The molecule has 0 bridgehead atoms. The van der Waals surface area contributed by atoms with Gasteiger partial charge in [0.2, 0.25) is 5.91 Å². The van der Waals surface area contributed by atoms with Crippen LogP contribution < -0.4 is 9.64 Å². The molecule has 2 aliphatic rings. The number of fused-ring (bicyclic) bond motifs is 2. The van der Waals surface area contributed by atoms with Crippen LogP contribution in [0.5, 0.6) is 5.75 Å². The number of halogens is 1. The van der Waals surface area contributed by atoms with Crippen LogP contribution in [0.2, 0.25) is 0 Å². The molecule has 0 aliphatic carbocycles. The summed E-state index contributed by atoms with van der Waals surface area (Å²) in [5, 5.41) is 4.66. The van der Waals surface area contributed by atoms with Crippen molar-refractivity contribution in [2.45, 2.75) is 19.9 Å². The van der Waals surface area contributed by atoms with E-state index in [1.165, 1.54) is 12.1 Å². The fourth-order valence-electron chi connectivity index (χ4n) is 3.47.